The number of amides is 1. The van der Waals surface area contributed by atoms with Crippen LogP contribution < -0.4 is 11.1 Å². The maximum Gasteiger partial charge on any atom is 0.290 e. The minimum absolute atomic E-state index is 0.00663. The van der Waals surface area contributed by atoms with Crippen molar-refractivity contribution in [2.45, 2.75) is 25.6 Å². The van der Waals surface area contributed by atoms with Crippen molar-refractivity contribution in [2.24, 2.45) is 5.92 Å². The van der Waals surface area contributed by atoms with Gasteiger partial charge in [0.2, 0.25) is 6.29 Å². The number of hydrogen-bond acceptors (Lipinski definition) is 7. The summed E-state index contributed by atoms with van der Waals surface area (Å²) in [6.45, 7) is 3.98. The zero-order valence-electron chi connectivity index (χ0n) is 19.5. The third kappa shape index (κ3) is 7.30. The van der Waals surface area contributed by atoms with Crippen LogP contribution in [-0.4, -0.2) is 56.9 Å². The fourth-order valence-corrected chi connectivity index (χ4v) is 3.89. The molecule has 3 atom stereocenters. The van der Waals surface area contributed by atoms with E-state index in [2.05, 4.69) is 5.32 Å². The van der Waals surface area contributed by atoms with E-state index in [1.807, 2.05) is 55.5 Å². The fraction of sp³-hybridized carbons (Fsp3) is 0.423. The van der Waals surface area contributed by atoms with Crippen molar-refractivity contribution in [1.29, 1.82) is 0 Å². The molecule has 0 aromatic heterocycles. The Morgan fingerprint density at radius 1 is 1.03 bits per heavy atom. The van der Waals surface area contributed by atoms with Gasteiger partial charge >= 0.3 is 0 Å². The molecule has 0 spiro atoms. The Balaban J connectivity index is 1.77. The van der Waals surface area contributed by atoms with E-state index in [1.165, 1.54) is 0 Å². The highest BCUT2D eigenvalue weighted by Crippen LogP contribution is 2.39. The molecular weight excluding hydrogens is 436 g/mol. The lowest BCUT2D eigenvalue weighted by atomic mass is 9.81. The van der Waals surface area contributed by atoms with Gasteiger partial charge in [-0.2, -0.15) is 0 Å². The molecule has 1 aliphatic heterocycles. The number of nitrogen functional groups attached to an aromatic ring is 1. The molecule has 2 aromatic rings. The van der Waals surface area contributed by atoms with Crippen molar-refractivity contribution in [3.63, 3.8) is 0 Å². The zero-order valence-corrected chi connectivity index (χ0v) is 19.5. The summed E-state index contributed by atoms with van der Waals surface area (Å²) in [6, 6.07) is 17.1. The lowest BCUT2D eigenvalue weighted by molar-refractivity contribution is -0.166. The van der Waals surface area contributed by atoms with Crippen molar-refractivity contribution < 1.29 is 28.8 Å². The maximum absolute atomic E-state index is 13.1. The molecule has 0 aliphatic carbocycles. The molecule has 184 valence electrons. The number of aliphatic hydroxyl groups is 1. The van der Waals surface area contributed by atoms with Gasteiger partial charge in [-0.1, -0.05) is 42.5 Å². The number of carbonyl (C=O) groups is 1. The maximum atomic E-state index is 13.1. The van der Waals surface area contributed by atoms with E-state index in [4.69, 9.17) is 29.8 Å². The van der Waals surface area contributed by atoms with Gasteiger partial charge in [0.15, 0.2) is 5.76 Å². The smallest absolute Gasteiger partial charge is 0.290 e. The summed E-state index contributed by atoms with van der Waals surface area (Å²) in [4.78, 5) is 13.1. The standard InChI is InChI=1S/C26H34N2O6/c1-2-33-26-20(12-14-31-16-17-32-15-13-29)21(19-8-4-3-5-9-19)18-24(34-26)25(30)28-23-11-7-6-10-22(23)27/h3-11,18,20-21,26,29H,2,12-17,27H2,1H3,(H,28,30). The third-order valence-corrected chi connectivity index (χ3v) is 5.54. The first-order chi connectivity index (χ1) is 16.6. The van der Waals surface area contributed by atoms with E-state index in [0.717, 1.165) is 5.56 Å². The Morgan fingerprint density at radius 3 is 2.44 bits per heavy atom. The predicted molar refractivity (Wildman–Crippen MR) is 130 cm³/mol. The molecule has 1 aliphatic rings. The molecule has 2 aromatic carbocycles. The summed E-state index contributed by atoms with van der Waals surface area (Å²) in [6.07, 6.45) is 1.92. The second-order valence-electron chi connectivity index (χ2n) is 7.85. The van der Waals surface area contributed by atoms with E-state index in [0.29, 0.717) is 50.8 Å². The van der Waals surface area contributed by atoms with Crippen LogP contribution in [0.25, 0.3) is 0 Å². The number of ether oxygens (including phenoxy) is 4. The summed E-state index contributed by atoms with van der Waals surface area (Å²) < 4.78 is 23.0. The van der Waals surface area contributed by atoms with Gasteiger partial charge in [0.05, 0.1) is 37.8 Å². The van der Waals surface area contributed by atoms with Gasteiger partial charge in [-0.25, -0.2) is 0 Å². The van der Waals surface area contributed by atoms with Crippen LogP contribution in [0.3, 0.4) is 0 Å². The molecule has 0 radical (unpaired) electrons. The first-order valence-corrected chi connectivity index (χ1v) is 11.6. The summed E-state index contributed by atoms with van der Waals surface area (Å²) >= 11 is 0. The minimum Gasteiger partial charge on any atom is -0.459 e. The number of nitrogens with one attached hydrogen (secondary N) is 1. The highest BCUT2D eigenvalue weighted by molar-refractivity contribution is 6.04. The van der Waals surface area contributed by atoms with Gasteiger partial charge in [-0.15, -0.1) is 0 Å². The molecule has 0 bridgehead atoms. The number of aliphatic hydroxyl groups excluding tert-OH is 1. The largest absolute Gasteiger partial charge is 0.459 e. The van der Waals surface area contributed by atoms with E-state index in [1.54, 1.807) is 12.1 Å². The summed E-state index contributed by atoms with van der Waals surface area (Å²) in [5.41, 5.74) is 8.06. The molecule has 3 unspecified atom stereocenters. The van der Waals surface area contributed by atoms with Gasteiger partial charge in [0.1, 0.15) is 0 Å². The van der Waals surface area contributed by atoms with Crippen LogP contribution in [-0.2, 0) is 23.7 Å². The number of anilines is 2. The second kappa shape index (κ2) is 13.7. The molecule has 8 nitrogen and oxygen atoms in total. The lowest BCUT2D eigenvalue weighted by Crippen LogP contribution is -2.38. The summed E-state index contributed by atoms with van der Waals surface area (Å²) in [7, 11) is 0. The molecule has 0 saturated heterocycles. The molecule has 0 saturated carbocycles. The molecular formula is C26H34N2O6. The third-order valence-electron chi connectivity index (χ3n) is 5.54. The van der Waals surface area contributed by atoms with Crippen molar-refractivity contribution in [3.8, 4) is 0 Å². The molecule has 1 amide bonds. The van der Waals surface area contributed by atoms with Gasteiger partial charge in [0, 0.05) is 25.0 Å². The quantitative estimate of drug-likeness (QED) is 0.304. The van der Waals surface area contributed by atoms with Crippen LogP contribution in [0.4, 0.5) is 11.4 Å². The number of benzene rings is 2. The van der Waals surface area contributed by atoms with E-state index < -0.39 is 6.29 Å². The lowest BCUT2D eigenvalue weighted by Gasteiger charge is -2.37. The number of rotatable bonds is 13. The van der Waals surface area contributed by atoms with E-state index in [9.17, 15) is 4.79 Å². The number of nitrogens with two attached hydrogens (primary N) is 1. The van der Waals surface area contributed by atoms with Gasteiger partial charge < -0.3 is 35.1 Å². The minimum atomic E-state index is -0.608. The van der Waals surface area contributed by atoms with Crippen LogP contribution in [0.1, 0.15) is 24.8 Å². The number of hydrogen-bond donors (Lipinski definition) is 3. The Morgan fingerprint density at radius 2 is 1.74 bits per heavy atom. The highest BCUT2D eigenvalue weighted by atomic mass is 16.7. The molecule has 8 heteroatoms. The van der Waals surface area contributed by atoms with Gasteiger partial charge in [-0.3, -0.25) is 4.79 Å². The number of allylic oxidation sites excluding steroid dienone is 1. The van der Waals surface area contributed by atoms with Crippen molar-refractivity contribution in [2.75, 3.05) is 50.7 Å². The first kappa shape index (κ1) is 25.7. The summed E-state index contributed by atoms with van der Waals surface area (Å²) in [5, 5.41) is 11.6. The van der Waals surface area contributed by atoms with Gasteiger partial charge in [-0.05, 0) is 37.1 Å². The van der Waals surface area contributed by atoms with Crippen LogP contribution in [0.15, 0.2) is 66.4 Å². The Labute approximate surface area is 200 Å². The average Bonchev–Trinajstić information content (AvgIpc) is 2.86. The van der Waals surface area contributed by atoms with Crippen molar-refractivity contribution >= 4 is 17.3 Å². The van der Waals surface area contributed by atoms with E-state index in [-0.39, 0.29) is 30.1 Å². The van der Waals surface area contributed by atoms with Gasteiger partial charge in [0.25, 0.3) is 5.91 Å². The molecule has 1 heterocycles. The Hall–Kier alpha value is -2.91. The van der Waals surface area contributed by atoms with Crippen LogP contribution in [0.2, 0.25) is 0 Å². The number of carbonyl (C=O) groups excluding carboxylic acids is 1. The van der Waals surface area contributed by atoms with E-state index >= 15 is 0 Å². The van der Waals surface area contributed by atoms with Crippen molar-refractivity contribution in [3.05, 3.63) is 72.0 Å². The van der Waals surface area contributed by atoms with Crippen LogP contribution >= 0.6 is 0 Å². The SMILES string of the molecule is CCOC1OC(C(=O)Nc2ccccc2N)=CC(c2ccccc2)C1CCOCCOCCO. The Kier molecular flexibility index (Phi) is 10.4. The topological polar surface area (TPSA) is 112 Å². The molecule has 34 heavy (non-hydrogen) atoms. The van der Waals surface area contributed by atoms with Crippen LogP contribution in [0.5, 0.6) is 0 Å². The average molecular weight is 471 g/mol. The van der Waals surface area contributed by atoms with Crippen molar-refractivity contribution in [1.82, 2.24) is 0 Å². The molecule has 3 rings (SSSR count). The second-order valence-corrected chi connectivity index (χ2v) is 7.85. The first-order valence-electron chi connectivity index (χ1n) is 11.6. The predicted octanol–water partition coefficient (Wildman–Crippen LogP) is 3.30. The molecule has 4 N–H and O–H groups in total. The number of para-hydroxylation sites is 2. The Bertz CT molecular complexity index is 921. The normalized spacial score (nSPS) is 19.8. The molecule has 0 fully saturated rings. The summed E-state index contributed by atoms with van der Waals surface area (Å²) in [5.74, 6) is -0.335. The fourth-order valence-electron chi connectivity index (χ4n) is 3.89. The zero-order chi connectivity index (χ0) is 24.2. The monoisotopic (exact) mass is 470 g/mol. The highest BCUT2D eigenvalue weighted by Gasteiger charge is 2.38. The van der Waals surface area contributed by atoms with Crippen LogP contribution in [0, 0.1) is 5.92 Å².